The lowest BCUT2D eigenvalue weighted by atomic mass is 9.93. The van der Waals surface area contributed by atoms with Crippen molar-refractivity contribution < 1.29 is 41.7 Å². The van der Waals surface area contributed by atoms with Crippen molar-refractivity contribution in [3.63, 3.8) is 0 Å². The number of nitrogens with one attached hydrogen (secondary N) is 1. The number of ether oxygens (including phenoxy) is 2. The molecule has 1 atom stereocenters. The van der Waals surface area contributed by atoms with Gasteiger partial charge in [0, 0.05) is 27.6 Å². The smallest absolute Gasteiger partial charge is 0.424 e. The number of alkyl halides is 3. The number of carbonyl (C=O) groups is 2. The van der Waals surface area contributed by atoms with E-state index in [4.69, 9.17) is 15.2 Å². The molecule has 2 aromatic heterocycles. The highest BCUT2D eigenvalue weighted by Crippen LogP contribution is 2.42. The molecule has 0 radical (unpaired) electrons. The molecule has 1 saturated carbocycles. The Kier molecular flexibility index (Phi) is 9.07. The molecule has 45 heavy (non-hydrogen) atoms. The standard InChI is InChI=1S/C31H28F4N4O5S/c1-2-43-28-19(13-26(36)40)12-25(39-27(28)17-3-6-20(32)7-4-17)30(42,31(33,34)35)15-37-29(41)18-5-10-24(44-21-8-9-21)22(11-18)23-14-45-16-38-23/h3-7,10-12,14,16,21,42H,2,8-9,13,15H2,1H3,(H2,36,40)(H,37,41)/t30-/m0/s1. The van der Waals surface area contributed by atoms with Crippen LogP contribution in [0.25, 0.3) is 22.5 Å². The van der Waals surface area contributed by atoms with E-state index >= 15 is 0 Å². The number of amides is 2. The van der Waals surface area contributed by atoms with Crippen LogP contribution in [0.2, 0.25) is 0 Å². The van der Waals surface area contributed by atoms with Crippen LogP contribution in [0.5, 0.6) is 11.5 Å². The van der Waals surface area contributed by atoms with Crippen molar-refractivity contribution in [1.29, 1.82) is 0 Å². The number of aromatic nitrogens is 2. The maximum atomic E-state index is 14.7. The van der Waals surface area contributed by atoms with Gasteiger partial charge in [-0.3, -0.25) is 9.59 Å². The number of carbonyl (C=O) groups excluding carboxylic acids is 2. The molecule has 1 fully saturated rings. The molecule has 1 aliphatic rings. The molecule has 14 heteroatoms. The normalized spacial score (nSPS) is 14.4. The summed E-state index contributed by atoms with van der Waals surface area (Å²) in [5.74, 6) is -1.96. The summed E-state index contributed by atoms with van der Waals surface area (Å²) in [6, 6.07) is 9.97. The molecule has 2 heterocycles. The Balaban J connectivity index is 1.52. The van der Waals surface area contributed by atoms with Gasteiger partial charge in [0.2, 0.25) is 11.5 Å². The molecule has 9 nitrogen and oxygen atoms in total. The zero-order valence-electron chi connectivity index (χ0n) is 23.9. The molecular weight excluding hydrogens is 616 g/mol. The van der Waals surface area contributed by atoms with Gasteiger partial charge in [0.05, 0.1) is 42.6 Å². The van der Waals surface area contributed by atoms with Crippen molar-refractivity contribution >= 4 is 23.2 Å². The monoisotopic (exact) mass is 644 g/mol. The fourth-order valence-corrected chi connectivity index (χ4v) is 5.11. The van der Waals surface area contributed by atoms with Crippen LogP contribution in [0.15, 0.2) is 59.4 Å². The molecule has 0 bridgehead atoms. The second-order valence-corrected chi connectivity index (χ2v) is 11.1. The average Bonchev–Trinajstić information content (AvgIpc) is 3.64. The summed E-state index contributed by atoms with van der Waals surface area (Å²) in [6.45, 7) is 0.331. The molecular formula is C31H28F4N4O5S. The fourth-order valence-electron chi connectivity index (χ4n) is 4.56. The Morgan fingerprint density at radius 1 is 1.13 bits per heavy atom. The maximum absolute atomic E-state index is 14.7. The van der Waals surface area contributed by atoms with Crippen molar-refractivity contribution in [2.45, 2.75) is 44.1 Å². The molecule has 0 aliphatic heterocycles. The maximum Gasteiger partial charge on any atom is 0.424 e. The van der Waals surface area contributed by atoms with Gasteiger partial charge in [-0.1, -0.05) is 0 Å². The Morgan fingerprint density at radius 2 is 1.87 bits per heavy atom. The summed E-state index contributed by atoms with van der Waals surface area (Å²) < 4.78 is 69.2. The fraction of sp³-hybridized carbons (Fsp3) is 0.290. The Hall–Kier alpha value is -4.56. The van der Waals surface area contributed by atoms with E-state index < -0.39 is 48.1 Å². The van der Waals surface area contributed by atoms with Crippen molar-refractivity contribution in [3.8, 4) is 34.0 Å². The summed E-state index contributed by atoms with van der Waals surface area (Å²) in [7, 11) is 0. The lowest BCUT2D eigenvalue weighted by Crippen LogP contribution is -2.51. The largest absolute Gasteiger partial charge is 0.491 e. The third kappa shape index (κ3) is 7.07. The van der Waals surface area contributed by atoms with E-state index in [9.17, 15) is 32.3 Å². The first-order valence-corrected chi connectivity index (χ1v) is 14.8. The second kappa shape index (κ2) is 12.8. The van der Waals surface area contributed by atoms with E-state index in [1.54, 1.807) is 23.9 Å². The molecule has 236 valence electrons. The predicted octanol–water partition coefficient (Wildman–Crippen LogP) is 5.16. The molecule has 4 N–H and O–H groups in total. The zero-order chi connectivity index (χ0) is 32.4. The first kappa shape index (κ1) is 31.9. The lowest BCUT2D eigenvalue weighted by molar-refractivity contribution is -0.265. The molecule has 2 amide bonds. The van der Waals surface area contributed by atoms with Gasteiger partial charge in [-0.05, 0) is 68.3 Å². The quantitative estimate of drug-likeness (QED) is 0.181. The number of hydrogen-bond donors (Lipinski definition) is 3. The van der Waals surface area contributed by atoms with Crippen LogP contribution >= 0.6 is 11.3 Å². The number of nitrogens with zero attached hydrogens (tertiary/aromatic N) is 2. The number of rotatable bonds is 12. The van der Waals surface area contributed by atoms with Gasteiger partial charge in [0.25, 0.3) is 5.91 Å². The topological polar surface area (TPSA) is 137 Å². The van der Waals surface area contributed by atoms with Gasteiger partial charge < -0.3 is 25.6 Å². The van der Waals surface area contributed by atoms with Crippen molar-refractivity contribution in [3.05, 3.63) is 82.1 Å². The number of aliphatic hydroxyl groups is 1. The minimum Gasteiger partial charge on any atom is -0.491 e. The molecule has 0 saturated heterocycles. The van der Waals surface area contributed by atoms with Crippen LogP contribution in [0.1, 0.15) is 41.4 Å². The van der Waals surface area contributed by atoms with E-state index in [-0.39, 0.29) is 40.8 Å². The first-order chi connectivity index (χ1) is 21.4. The molecule has 0 spiro atoms. The second-order valence-electron chi connectivity index (χ2n) is 10.4. The van der Waals surface area contributed by atoms with Crippen LogP contribution in [-0.4, -0.2) is 52.3 Å². The minimum absolute atomic E-state index is 0.00624. The van der Waals surface area contributed by atoms with Crippen molar-refractivity contribution in [1.82, 2.24) is 15.3 Å². The van der Waals surface area contributed by atoms with Crippen LogP contribution in [0.4, 0.5) is 17.6 Å². The molecule has 5 rings (SSSR count). The van der Waals surface area contributed by atoms with Gasteiger partial charge in [-0.25, -0.2) is 14.4 Å². The molecule has 1 aliphatic carbocycles. The van der Waals surface area contributed by atoms with Gasteiger partial charge in [0.15, 0.2) is 0 Å². The van der Waals surface area contributed by atoms with E-state index in [0.717, 1.165) is 31.0 Å². The summed E-state index contributed by atoms with van der Waals surface area (Å²) in [4.78, 5) is 33.5. The van der Waals surface area contributed by atoms with Gasteiger partial charge >= 0.3 is 6.18 Å². The van der Waals surface area contributed by atoms with Crippen LogP contribution in [0, 0.1) is 5.82 Å². The number of thiazole rings is 1. The number of pyridine rings is 1. The highest BCUT2D eigenvalue weighted by Gasteiger charge is 2.56. The SMILES string of the molecule is CCOc1c(CC(N)=O)cc([C@@](O)(CNC(=O)c2ccc(OC3CC3)c(-c3cscn3)c2)C(F)(F)F)nc1-c1ccc(F)cc1. The molecule has 0 unspecified atom stereocenters. The number of nitrogens with two attached hydrogens (primary N) is 1. The summed E-state index contributed by atoms with van der Waals surface area (Å²) in [5, 5.41) is 15.1. The van der Waals surface area contributed by atoms with E-state index in [1.807, 2.05) is 0 Å². The average molecular weight is 645 g/mol. The summed E-state index contributed by atoms with van der Waals surface area (Å²) in [5.41, 5.74) is 3.26. The number of primary amides is 1. The third-order valence-electron chi connectivity index (χ3n) is 6.99. The van der Waals surface area contributed by atoms with E-state index in [0.29, 0.717) is 17.0 Å². The number of halogens is 4. The van der Waals surface area contributed by atoms with E-state index in [2.05, 4.69) is 15.3 Å². The number of hydrogen-bond acceptors (Lipinski definition) is 8. The molecule has 4 aromatic rings. The van der Waals surface area contributed by atoms with Gasteiger partial charge in [0.1, 0.15) is 23.0 Å². The van der Waals surface area contributed by atoms with E-state index in [1.165, 1.54) is 35.6 Å². The highest BCUT2D eigenvalue weighted by molar-refractivity contribution is 7.07. The van der Waals surface area contributed by atoms with Crippen LogP contribution in [0.3, 0.4) is 0 Å². The van der Waals surface area contributed by atoms with Crippen LogP contribution < -0.4 is 20.5 Å². The Morgan fingerprint density at radius 3 is 2.47 bits per heavy atom. The summed E-state index contributed by atoms with van der Waals surface area (Å²) >= 11 is 1.33. The number of benzene rings is 2. The highest BCUT2D eigenvalue weighted by atomic mass is 32.1. The molecule has 2 aromatic carbocycles. The van der Waals surface area contributed by atoms with Crippen molar-refractivity contribution in [2.24, 2.45) is 5.73 Å². The van der Waals surface area contributed by atoms with Gasteiger partial charge in [-0.2, -0.15) is 13.2 Å². The Bertz CT molecular complexity index is 1700. The van der Waals surface area contributed by atoms with Crippen LogP contribution in [-0.2, 0) is 16.8 Å². The minimum atomic E-state index is -5.35. The zero-order valence-corrected chi connectivity index (χ0v) is 24.7. The third-order valence-corrected chi connectivity index (χ3v) is 7.57. The lowest BCUT2D eigenvalue weighted by Gasteiger charge is -2.31. The Labute approximate surface area is 259 Å². The van der Waals surface area contributed by atoms with Gasteiger partial charge in [-0.15, -0.1) is 11.3 Å². The summed E-state index contributed by atoms with van der Waals surface area (Å²) in [6.07, 6.45) is -4.08. The predicted molar refractivity (Wildman–Crippen MR) is 157 cm³/mol. The first-order valence-electron chi connectivity index (χ1n) is 13.9. The van der Waals surface area contributed by atoms with Crippen molar-refractivity contribution in [2.75, 3.05) is 13.2 Å².